The Morgan fingerprint density at radius 2 is 2.11 bits per heavy atom. The number of nitrogens with zero attached hydrogens (tertiary/aromatic N) is 2. The van der Waals surface area contributed by atoms with Gasteiger partial charge in [0.1, 0.15) is 18.2 Å². The van der Waals surface area contributed by atoms with Crippen molar-refractivity contribution in [2.24, 2.45) is 11.8 Å². The predicted octanol–water partition coefficient (Wildman–Crippen LogP) is 2.12. The Morgan fingerprint density at radius 3 is 2.72 bits per heavy atom. The maximum atomic E-state index is 5.08. The van der Waals surface area contributed by atoms with Gasteiger partial charge in [0.25, 0.3) is 0 Å². The van der Waals surface area contributed by atoms with Gasteiger partial charge in [-0.1, -0.05) is 6.92 Å². The zero-order valence-electron chi connectivity index (χ0n) is 11.4. The molecule has 100 valence electrons. The third-order valence-electron chi connectivity index (χ3n) is 3.33. The quantitative estimate of drug-likeness (QED) is 0.776. The zero-order valence-corrected chi connectivity index (χ0v) is 11.4. The molecule has 0 saturated heterocycles. The first kappa shape index (κ1) is 13.1. The average Bonchev–Trinajstić information content (AvgIpc) is 3.20. The van der Waals surface area contributed by atoms with Crippen LogP contribution in [-0.4, -0.2) is 30.7 Å². The SMILES string of the molecule is CNc1cc(NCC(C)C2CC2)nc(COC)n1. The Hall–Kier alpha value is -1.36. The van der Waals surface area contributed by atoms with Crippen LogP contribution in [0.2, 0.25) is 0 Å². The fourth-order valence-corrected chi connectivity index (χ4v) is 2.01. The van der Waals surface area contributed by atoms with E-state index in [1.165, 1.54) is 12.8 Å². The van der Waals surface area contributed by atoms with E-state index in [0.717, 1.165) is 24.1 Å². The van der Waals surface area contributed by atoms with Crippen molar-refractivity contribution in [3.8, 4) is 0 Å². The van der Waals surface area contributed by atoms with E-state index in [1.807, 2.05) is 13.1 Å². The molecular weight excluding hydrogens is 228 g/mol. The van der Waals surface area contributed by atoms with Crippen molar-refractivity contribution >= 4 is 11.6 Å². The highest BCUT2D eigenvalue weighted by molar-refractivity contribution is 5.47. The van der Waals surface area contributed by atoms with Gasteiger partial charge in [-0.05, 0) is 24.7 Å². The highest BCUT2D eigenvalue weighted by Gasteiger charge is 2.27. The molecule has 0 aromatic carbocycles. The lowest BCUT2D eigenvalue weighted by Gasteiger charge is -2.13. The molecule has 1 saturated carbocycles. The van der Waals surface area contributed by atoms with Crippen LogP contribution in [0.15, 0.2) is 6.07 Å². The first-order valence-electron chi connectivity index (χ1n) is 6.51. The monoisotopic (exact) mass is 250 g/mol. The lowest BCUT2D eigenvalue weighted by atomic mass is 10.1. The van der Waals surface area contributed by atoms with Gasteiger partial charge >= 0.3 is 0 Å². The summed E-state index contributed by atoms with van der Waals surface area (Å²) in [7, 11) is 3.51. The maximum absolute atomic E-state index is 5.08. The molecule has 0 spiro atoms. The lowest BCUT2D eigenvalue weighted by molar-refractivity contribution is 0.178. The number of nitrogens with one attached hydrogen (secondary N) is 2. The molecule has 5 nitrogen and oxygen atoms in total. The second kappa shape index (κ2) is 6.00. The lowest BCUT2D eigenvalue weighted by Crippen LogP contribution is -2.15. The minimum atomic E-state index is 0.433. The molecule has 1 unspecified atom stereocenters. The standard InChI is InChI=1S/C13H22N4O/c1-9(10-4-5-10)7-15-12-6-11(14-2)16-13(17-12)8-18-3/h6,9-10H,4-5,7-8H2,1-3H3,(H2,14,15,16,17). The van der Waals surface area contributed by atoms with Gasteiger partial charge in [-0.15, -0.1) is 0 Å². The molecule has 1 fully saturated rings. The first-order chi connectivity index (χ1) is 8.72. The van der Waals surface area contributed by atoms with Crippen molar-refractivity contribution < 1.29 is 4.74 Å². The van der Waals surface area contributed by atoms with Gasteiger partial charge in [0.15, 0.2) is 5.82 Å². The molecule has 1 aliphatic rings. The highest BCUT2D eigenvalue weighted by atomic mass is 16.5. The predicted molar refractivity (Wildman–Crippen MR) is 72.7 cm³/mol. The fourth-order valence-electron chi connectivity index (χ4n) is 2.01. The van der Waals surface area contributed by atoms with Crippen LogP contribution in [0.5, 0.6) is 0 Å². The Balaban J connectivity index is 1.98. The molecule has 0 bridgehead atoms. The fraction of sp³-hybridized carbons (Fsp3) is 0.692. The molecule has 0 radical (unpaired) electrons. The summed E-state index contributed by atoms with van der Waals surface area (Å²) in [5.41, 5.74) is 0. The van der Waals surface area contributed by atoms with Crippen LogP contribution in [0.3, 0.4) is 0 Å². The molecular formula is C13H22N4O. The third kappa shape index (κ3) is 3.57. The minimum Gasteiger partial charge on any atom is -0.377 e. The number of hydrogen-bond donors (Lipinski definition) is 2. The van der Waals surface area contributed by atoms with E-state index in [1.54, 1.807) is 7.11 Å². The summed E-state index contributed by atoms with van der Waals surface area (Å²) in [6.07, 6.45) is 2.76. The molecule has 0 amide bonds. The first-order valence-corrected chi connectivity index (χ1v) is 6.51. The van der Waals surface area contributed by atoms with Crippen molar-refractivity contribution in [3.05, 3.63) is 11.9 Å². The van der Waals surface area contributed by atoms with E-state index in [4.69, 9.17) is 4.74 Å². The molecule has 0 aliphatic heterocycles. The van der Waals surface area contributed by atoms with Crippen molar-refractivity contribution in [1.29, 1.82) is 0 Å². The number of methoxy groups -OCH3 is 1. The van der Waals surface area contributed by atoms with E-state index >= 15 is 0 Å². The molecule has 18 heavy (non-hydrogen) atoms. The van der Waals surface area contributed by atoms with Crippen LogP contribution in [0.4, 0.5) is 11.6 Å². The van der Waals surface area contributed by atoms with Gasteiger partial charge in [-0.2, -0.15) is 0 Å². The summed E-state index contributed by atoms with van der Waals surface area (Å²) in [6.45, 7) is 3.69. The smallest absolute Gasteiger partial charge is 0.158 e. The topological polar surface area (TPSA) is 59.1 Å². The Morgan fingerprint density at radius 1 is 1.39 bits per heavy atom. The molecule has 2 rings (SSSR count). The van der Waals surface area contributed by atoms with Gasteiger partial charge in [0.2, 0.25) is 0 Å². The third-order valence-corrected chi connectivity index (χ3v) is 3.33. The van der Waals surface area contributed by atoms with Crippen LogP contribution in [0.1, 0.15) is 25.6 Å². The number of hydrogen-bond acceptors (Lipinski definition) is 5. The van der Waals surface area contributed by atoms with Crippen molar-refractivity contribution in [2.75, 3.05) is 31.3 Å². The Bertz CT molecular complexity index is 393. The van der Waals surface area contributed by atoms with E-state index in [0.29, 0.717) is 18.3 Å². The Labute approximate surface area is 108 Å². The number of aromatic nitrogens is 2. The van der Waals surface area contributed by atoms with Crippen LogP contribution >= 0.6 is 0 Å². The van der Waals surface area contributed by atoms with E-state index in [9.17, 15) is 0 Å². The zero-order chi connectivity index (χ0) is 13.0. The van der Waals surface area contributed by atoms with Gasteiger partial charge in [-0.3, -0.25) is 0 Å². The van der Waals surface area contributed by atoms with Crippen molar-refractivity contribution in [2.45, 2.75) is 26.4 Å². The van der Waals surface area contributed by atoms with E-state index in [-0.39, 0.29) is 0 Å². The molecule has 1 aromatic heterocycles. The largest absolute Gasteiger partial charge is 0.377 e. The van der Waals surface area contributed by atoms with E-state index in [2.05, 4.69) is 27.5 Å². The summed E-state index contributed by atoms with van der Waals surface area (Å²) in [4.78, 5) is 8.76. The summed E-state index contributed by atoms with van der Waals surface area (Å²) in [6, 6.07) is 1.93. The minimum absolute atomic E-state index is 0.433. The van der Waals surface area contributed by atoms with Crippen molar-refractivity contribution in [1.82, 2.24) is 9.97 Å². The summed E-state index contributed by atoms with van der Waals surface area (Å²) >= 11 is 0. The summed E-state index contributed by atoms with van der Waals surface area (Å²) in [5, 5.41) is 6.43. The van der Waals surface area contributed by atoms with Crippen LogP contribution in [0.25, 0.3) is 0 Å². The molecule has 2 N–H and O–H groups in total. The van der Waals surface area contributed by atoms with Crippen LogP contribution < -0.4 is 10.6 Å². The number of ether oxygens (including phenoxy) is 1. The second-order valence-electron chi connectivity index (χ2n) is 4.93. The van der Waals surface area contributed by atoms with Gasteiger partial charge in [0, 0.05) is 26.8 Å². The van der Waals surface area contributed by atoms with Gasteiger partial charge in [-0.25, -0.2) is 9.97 Å². The Kier molecular flexibility index (Phi) is 4.36. The van der Waals surface area contributed by atoms with Crippen LogP contribution in [0, 0.1) is 11.8 Å². The second-order valence-corrected chi connectivity index (χ2v) is 4.93. The molecule has 1 aromatic rings. The molecule has 5 heteroatoms. The number of rotatable bonds is 7. The van der Waals surface area contributed by atoms with Crippen LogP contribution in [-0.2, 0) is 11.3 Å². The summed E-state index contributed by atoms with van der Waals surface area (Å²) in [5.74, 6) is 4.00. The van der Waals surface area contributed by atoms with Crippen molar-refractivity contribution in [3.63, 3.8) is 0 Å². The molecule has 1 heterocycles. The average molecular weight is 250 g/mol. The molecule has 1 atom stereocenters. The van der Waals surface area contributed by atoms with Gasteiger partial charge < -0.3 is 15.4 Å². The molecule has 1 aliphatic carbocycles. The number of anilines is 2. The summed E-state index contributed by atoms with van der Waals surface area (Å²) < 4.78 is 5.08. The van der Waals surface area contributed by atoms with Gasteiger partial charge in [0.05, 0.1) is 0 Å². The maximum Gasteiger partial charge on any atom is 0.158 e. The highest BCUT2D eigenvalue weighted by Crippen LogP contribution is 2.36. The van der Waals surface area contributed by atoms with E-state index < -0.39 is 0 Å². The normalized spacial score (nSPS) is 16.4.